The first-order valence-corrected chi connectivity index (χ1v) is 7.10. The quantitative estimate of drug-likeness (QED) is 0.810. The van der Waals surface area contributed by atoms with E-state index in [1.165, 1.54) is 4.57 Å². The van der Waals surface area contributed by atoms with Crippen LogP contribution in [0.2, 0.25) is 5.02 Å². The van der Waals surface area contributed by atoms with Crippen LogP contribution in [0.15, 0.2) is 29.1 Å². The Labute approximate surface area is 121 Å². The molecule has 20 heavy (non-hydrogen) atoms. The highest BCUT2D eigenvalue weighted by atomic mass is 35.5. The average Bonchev–Trinajstić information content (AvgIpc) is 2.63. The van der Waals surface area contributed by atoms with Gasteiger partial charge in [0.25, 0.3) is 0 Å². The number of nitrogens with zero attached hydrogens (tertiary/aromatic N) is 3. The molecular formula is C15H14ClN3O. The Hall–Kier alpha value is -1.99. The van der Waals surface area contributed by atoms with E-state index >= 15 is 0 Å². The van der Waals surface area contributed by atoms with E-state index in [1.54, 1.807) is 28.8 Å². The lowest BCUT2D eigenvalue weighted by molar-refractivity contribution is 0.611. The molecule has 1 aromatic carbocycles. The van der Waals surface area contributed by atoms with Gasteiger partial charge < -0.3 is 0 Å². The van der Waals surface area contributed by atoms with Crippen LogP contribution in [0.25, 0.3) is 5.69 Å². The highest BCUT2D eigenvalue weighted by Crippen LogP contribution is 2.20. The van der Waals surface area contributed by atoms with Gasteiger partial charge in [-0.25, -0.2) is 4.79 Å². The van der Waals surface area contributed by atoms with E-state index in [2.05, 4.69) is 6.07 Å². The van der Waals surface area contributed by atoms with Crippen molar-refractivity contribution in [2.75, 3.05) is 0 Å². The zero-order valence-corrected chi connectivity index (χ0v) is 11.7. The van der Waals surface area contributed by atoms with Gasteiger partial charge in [0.15, 0.2) is 0 Å². The van der Waals surface area contributed by atoms with Crippen molar-refractivity contribution in [3.05, 3.63) is 51.2 Å². The van der Waals surface area contributed by atoms with Crippen LogP contribution in [-0.4, -0.2) is 9.13 Å². The summed E-state index contributed by atoms with van der Waals surface area (Å²) in [4.78, 5) is 12.6. The van der Waals surface area contributed by atoms with E-state index in [4.69, 9.17) is 11.6 Å². The Morgan fingerprint density at radius 2 is 1.90 bits per heavy atom. The highest BCUT2D eigenvalue weighted by molar-refractivity contribution is 6.30. The lowest BCUT2D eigenvalue weighted by atomic mass is 10.1. The van der Waals surface area contributed by atoms with Crippen molar-refractivity contribution in [1.82, 2.24) is 9.13 Å². The van der Waals surface area contributed by atoms with Crippen molar-refractivity contribution in [3.8, 4) is 11.8 Å². The fraction of sp³-hybridized carbons (Fsp3) is 0.333. The van der Waals surface area contributed by atoms with Crippen LogP contribution in [0, 0.1) is 11.3 Å². The molecule has 2 heterocycles. The molecule has 1 aliphatic rings. The SMILES string of the molecule is N#Cc1c2n(c(=O)n1-c1ccc(Cl)cc1)CCCCC2. The molecule has 0 atom stereocenters. The Kier molecular flexibility index (Phi) is 3.37. The van der Waals surface area contributed by atoms with Gasteiger partial charge in [-0.2, -0.15) is 5.26 Å². The van der Waals surface area contributed by atoms with Crippen LogP contribution in [0.4, 0.5) is 0 Å². The Balaban J connectivity index is 2.24. The number of halogens is 1. The van der Waals surface area contributed by atoms with E-state index in [1.807, 2.05) is 0 Å². The second-order valence-corrected chi connectivity index (χ2v) is 5.40. The number of aromatic nitrogens is 2. The van der Waals surface area contributed by atoms with Crippen molar-refractivity contribution >= 4 is 11.6 Å². The summed E-state index contributed by atoms with van der Waals surface area (Å²) in [7, 11) is 0. The van der Waals surface area contributed by atoms with Gasteiger partial charge in [0.2, 0.25) is 0 Å². The van der Waals surface area contributed by atoms with Crippen LogP contribution in [-0.2, 0) is 13.0 Å². The predicted molar refractivity (Wildman–Crippen MR) is 77.3 cm³/mol. The molecule has 1 aromatic heterocycles. The molecular weight excluding hydrogens is 274 g/mol. The minimum Gasteiger partial charge on any atom is -0.295 e. The van der Waals surface area contributed by atoms with Crippen LogP contribution in [0.1, 0.15) is 30.7 Å². The third kappa shape index (κ3) is 2.04. The Morgan fingerprint density at radius 3 is 2.60 bits per heavy atom. The number of hydrogen-bond donors (Lipinski definition) is 0. The second-order valence-electron chi connectivity index (χ2n) is 4.96. The molecule has 0 unspecified atom stereocenters. The fourth-order valence-electron chi connectivity index (χ4n) is 2.76. The maximum absolute atomic E-state index is 12.6. The van der Waals surface area contributed by atoms with Gasteiger partial charge in [0.1, 0.15) is 11.8 Å². The molecule has 0 bridgehead atoms. The molecule has 0 amide bonds. The van der Waals surface area contributed by atoms with Gasteiger partial charge in [-0.05, 0) is 43.5 Å². The molecule has 3 rings (SSSR count). The van der Waals surface area contributed by atoms with Crippen molar-refractivity contribution in [1.29, 1.82) is 5.26 Å². The minimum absolute atomic E-state index is 0.124. The molecule has 0 aliphatic carbocycles. The molecule has 0 fully saturated rings. The fourth-order valence-corrected chi connectivity index (χ4v) is 2.88. The lowest BCUT2D eigenvalue weighted by Crippen LogP contribution is -2.24. The predicted octanol–water partition coefficient (Wildman–Crippen LogP) is 2.89. The third-order valence-electron chi connectivity index (χ3n) is 3.73. The summed E-state index contributed by atoms with van der Waals surface area (Å²) in [6.07, 6.45) is 3.91. The van der Waals surface area contributed by atoms with E-state index in [-0.39, 0.29) is 5.69 Å². The molecule has 2 aromatic rings. The van der Waals surface area contributed by atoms with Gasteiger partial charge in [0.05, 0.1) is 11.4 Å². The second kappa shape index (κ2) is 5.18. The Morgan fingerprint density at radius 1 is 1.15 bits per heavy atom. The molecule has 1 aliphatic heterocycles. The number of fused-ring (bicyclic) bond motifs is 1. The summed E-state index contributed by atoms with van der Waals surface area (Å²) < 4.78 is 3.25. The topological polar surface area (TPSA) is 50.7 Å². The number of nitriles is 1. The summed E-state index contributed by atoms with van der Waals surface area (Å²) in [6, 6.07) is 9.19. The largest absolute Gasteiger partial charge is 0.334 e. The average molecular weight is 288 g/mol. The Bertz CT molecular complexity index is 734. The zero-order valence-electron chi connectivity index (χ0n) is 11.0. The molecule has 4 nitrogen and oxygen atoms in total. The first kappa shape index (κ1) is 13.0. The van der Waals surface area contributed by atoms with Gasteiger partial charge >= 0.3 is 5.69 Å². The van der Waals surface area contributed by atoms with E-state index in [0.717, 1.165) is 31.4 Å². The summed E-state index contributed by atoms with van der Waals surface area (Å²) >= 11 is 5.88. The first-order chi connectivity index (χ1) is 9.72. The number of rotatable bonds is 1. The van der Waals surface area contributed by atoms with E-state index in [9.17, 15) is 10.1 Å². The first-order valence-electron chi connectivity index (χ1n) is 6.73. The summed E-state index contributed by atoms with van der Waals surface area (Å²) in [5.41, 5.74) is 1.89. The maximum atomic E-state index is 12.6. The molecule has 0 N–H and O–H groups in total. The van der Waals surface area contributed by atoms with Crippen LogP contribution in [0.3, 0.4) is 0 Å². The van der Waals surface area contributed by atoms with E-state index < -0.39 is 0 Å². The summed E-state index contributed by atoms with van der Waals surface area (Å²) in [5, 5.41) is 10.1. The molecule has 0 saturated heterocycles. The van der Waals surface area contributed by atoms with Gasteiger partial charge in [-0.1, -0.05) is 18.0 Å². The van der Waals surface area contributed by atoms with Gasteiger partial charge in [-0.15, -0.1) is 0 Å². The normalized spacial score (nSPS) is 14.4. The van der Waals surface area contributed by atoms with Crippen molar-refractivity contribution in [3.63, 3.8) is 0 Å². The van der Waals surface area contributed by atoms with E-state index in [0.29, 0.717) is 22.9 Å². The standard InChI is InChI=1S/C15H14ClN3O/c16-11-5-7-12(8-6-11)19-14(10-17)13-4-2-1-3-9-18(13)15(19)20/h5-8H,1-4,9H2. The van der Waals surface area contributed by atoms with Gasteiger partial charge in [0, 0.05) is 11.6 Å². The zero-order chi connectivity index (χ0) is 14.1. The third-order valence-corrected chi connectivity index (χ3v) is 3.98. The number of benzene rings is 1. The molecule has 5 heteroatoms. The van der Waals surface area contributed by atoms with Crippen LogP contribution in [0.5, 0.6) is 0 Å². The highest BCUT2D eigenvalue weighted by Gasteiger charge is 2.21. The van der Waals surface area contributed by atoms with Gasteiger partial charge in [-0.3, -0.25) is 9.13 Å². The molecule has 0 radical (unpaired) electrons. The van der Waals surface area contributed by atoms with Crippen molar-refractivity contribution < 1.29 is 0 Å². The number of imidazole rings is 1. The van der Waals surface area contributed by atoms with Crippen molar-refractivity contribution in [2.45, 2.75) is 32.2 Å². The van der Waals surface area contributed by atoms with Crippen molar-refractivity contribution in [2.24, 2.45) is 0 Å². The molecule has 0 spiro atoms. The minimum atomic E-state index is -0.124. The maximum Gasteiger partial charge on any atom is 0.334 e. The lowest BCUT2D eigenvalue weighted by Gasteiger charge is -2.03. The molecule has 102 valence electrons. The van der Waals surface area contributed by atoms with Crippen LogP contribution < -0.4 is 5.69 Å². The number of hydrogen-bond acceptors (Lipinski definition) is 2. The van der Waals surface area contributed by atoms with Crippen LogP contribution >= 0.6 is 11.6 Å². The molecule has 0 saturated carbocycles. The monoisotopic (exact) mass is 287 g/mol. The summed E-state index contributed by atoms with van der Waals surface area (Å²) in [6.45, 7) is 0.698. The smallest absolute Gasteiger partial charge is 0.295 e. The summed E-state index contributed by atoms with van der Waals surface area (Å²) in [5.74, 6) is 0.